The van der Waals surface area contributed by atoms with Gasteiger partial charge in [-0.3, -0.25) is 0 Å². The van der Waals surface area contributed by atoms with Crippen LogP contribution >= 0.6 is 0 Å². The summed E-state index contributed by atoms with van der Waals surface area (Å²) in [5, 5.41) is 17.2. The molecule has 0 aromatic heterocycles. The summed E-state index contributed by atoms with van der Waals surface area (Å²) in [5.41, 5.74) is 8.01. The van der Waals surface area contributed by atoms with E-state index in [1.807, 2.05) is 12.1 Å². The molecule has 0 saturated carbocycles. The van der Waals surface area contributed by atoms with Gasteiger partial charge in [-0.25, -0.2) is 0 Å². The fourth-order valence-electron chi connectivity index (χ4n) is 5.24. The maximum absolute atomic E-state index is 9.85. The van der Waals surface area contributed by atoms with E-state index in [4.69, 9.17) is 4.74 Å². The Balaban J connectivity index is 1.42. The third-order valence-electron chi connectivity index (χ3n) is 7.15. The van der Waals surface area contributed by atoms with Crippen molar-refractivity contribution in [1.82, 2.24) is 5.32 Å². The van der Waals surface area contributed by atoms with Crippen molar-refractivity contribution in [3.63, 3.8) is 0 Å². The van der Waals surface area contributed by atoms with Gasteiger partial charge in [0.1, 0.15) is 11.5 Å². The normalized spacial score (nSPS) is 16.3. The topological polar surface area (TPSA) is 53.5 Å². The number of aromatic hydroxyl groups is 1. The summed E-state index contributed by atoms with van der Waals surface area (Å²) < 4.78 is 5.56. The Labute approximate surface area is 217 Å². The smallest absolute Gasteiger partial charge is 0.120 e. The molecule has 4 rings (SSSR count). The molecule has 4 nitrogen and oxygen atoms in total. The van der Waals surface area contributed by atoms with Gasteiger partial charge in [-0.1, -0.05) is 36.4 Å². The van der Waals surface area contributed by atoms with E-state index in [0.717, 1.165) is 44.4 Å². The van der Waals surface area contributed by atoms with Gasteiger partial charge in [0.2, 0.25) is 0 Å². The first-order valence-electron chi connectivity index (χ1n) is 13.3. The standard InChI is InChI=1S/C32H42N2O2/c1-22(18-24-8-6-23(7-9-24)16-17-33-32(2,3)4)34-31-21-29(36-5)14-15-30(31)27-11-10-26-20-28(35)13-12-25(26)19-27/h6-9,12-15,20-22,27,33-35H,10-11,16-19H2,1-5H3. The van der Waals surface area contributed by atoms with Crippen molar-refractivity contribution >= 4 is 5.69 Å². The molecule has 192 valence electrons. The highest BCUT2D eigenvalue weighted by atomic mass is 16.5. The van der Waals surface area contributed by atoms with Crippen LogP contribution in [-0.2, 0) is 25.7 Å². The number of ether oxygens (including phenoxy) is 1. The predicted octanol–water partition coefficient (Wildman–Crippen LogP) is 6.65. The van der Waals surface area contributed by atoms with Crippen LogP contribution < -0.4 is 15.4 Å². The van der Waals surface area contributed by atoms with Crippen molar-refractivity contribution in [2.75, 3.05) is 19.0 Å². The van der Waals surface area contributed by atoms with E-state index in [0.29, 0.717) is 11.7 Å². The molecule has 0 fully saturated rings. The van der Waals surface area contributed by atoms with E-state index < -0.39 is 0 Å². The van der Waals surface area contributed by atoms with Gasteiger partial charge >= 0.3 is 0 Å². The van der Waals surface area contributed by atoms with Crippen LogP contribution in [0, 0.1) is 0 Å². The summed E-state index contributed by atoms with van der Waals surface area (Å²) >= 11 is 0. The number of aryl methyl sites for hydroxylation is 1. The quantitative estimate of drug-likeness (QED) is 0.317. The molecular weight excluding hydrogens is 444 g/mol. The Hall–Kier alpha value is -2.98. The zero-order valence-electron chi connectivity index (χ0n) is 22.5. The van der Waals surface area contributed by atoms with Crippen molar-refractivity contribution in [2.45, 2.75) is 77.3 Å². The minimum absolute atomic E-state index is 0.157. The summed E-state index contributed by atoms with van der Waals surface area (Å²) in [6.07, 6.45) is 5.08. The largest absolute Gasteiger partial charge is 0.508 e. The summed E-state index contributed by atoms with van der Waals surface area (Å²) in [4.78, 5) is 0. The van der Waals surface area contributed by atoms with Crippen molar-refractivity contribution in [1.29, 1.82) is 0 Å². The summed E-state index contributed by atoms with van der Waals surface area (Å²) in [7, 11) is 1.73. The number of nitrogens with one attached hydrogen (secondary N) is 2. The monoisotopic (exact) mass is 486 g/mol. The lowest BCUT2D eigenvalue weighted by Crippen LogP contribution is -2.37. The van der Waals surface area contributed by atoms with Crippen LogP contribution in [0.5, 0.6) is 11.5 Å². The Kier molecular flexibility index (Phi) is 8.25. The highest BCUT2D eigenvalue weighted by Gasteiger charge is 2.23. The van der Waals surface area contributed by atoms with Crippen molar-refractivity contribution in [3.8, 4) is 11.5 Å². The maximum Gasteiger partial charge on any atom is 0.120 e. The lowest BCUT2D eigenvalue weighted by atomic mass is 9.79. The Morgan fingerprint density at radius 2 is 1.72 bits per heavy atom. The third kappa shape index (κ3) is 7.04. The zero-order valence-corrected chi connectivity index (χ0v) is 22.5. The van der Waals surface area contributed by atoms with Crippen molar-refractivity contribution in [2.24, 2.45) is 0 Å². The van der Waals surface area contributed by atoms with Crippen LogP contribution in [0.3, 0.4) is 0 Å². The van der Waals surface area contributed by atoms with Gasteiger partial charge in [-0.15, -0.1) is 0 Å². The number of anilines is 1. The number of benzene rings is 3. The minimum atomic E-state index is 0.157. The fourth-order valence-corrected chi connectivity index (χ4v) is 5.24. The number of fused-ring (bicyclic) bond motifs is 1. The first-order valence-corrected chi connectivity index (χ1v) is 13.3. The van der Waals surface area contributed by atoms with Gasteiger partial charge in [0.15, 0.2) is 0 Å². The lowest BCUT2D eigenvalue weighted by molar-refractivity contribution is 0.414. The molecule has 1 aliphatic carbocycles. The maximum atomic E-state index is 9.85. The van der Waals surface area contributed by atoms with Crippen molar-refractivity contribution in [3.05, 3.63) is 88.5 Å². The van der Waals surface area contributed by atoms with E-state index >= 15 is 0 Å². The van der Waals surface area contributed by atoms with Crippen molar-refractivity contribution < 1.29 is 9.84 Å². The average molecular weight is 487 g/mol. The average Bonchev–Trinajstić information content (AvgIpc) is 2.84. The molecular formula is C32H42N2O2. The highest BCUT2D eigenvalue weighted by Crippen LogP contribution is 2.38. The summed E-state index contributed by atoms with van der Waals surface area (Å²) in [6.45, 7) is 9.86. The molecule has 0 radical (unpaired) electrons. The number of hydrogen-bond acceptors (Lipinski definition) is 4. The van der Waals surface area contributed by atoms with Crippen LogP contribution in [0.1, 0.15) is 67.9 Å². The van der Waals surface area contributed by atoms with Crippen LogP contribution in [0.4, 0.5) is 5.69 Å². The number of phenols is 1. The predicted molar refractivity (Wildman–Crippen MR) is 151 cm³/mol. The van der Waals surface area contributed by atoms with Gasteiger partial charge in [0.25, 0.3) is 0 Å². The molecule has 2 atom stereocenters. The third-order valence-corrected chi connectivity index (χ3v) is 7.15. The van der Waals surface area contributed by atoms with E-state index in [1.54, 1.807) is 7.11 Å². The molecule has 0 heterocycles. The summed E-state index contributed by atoms with van der Waals surface area (Å²) in [6, 6.07) is 21.6. The number of methoxy groups -OCH3 is 1. The fraction of sp³-hybridized carbons (Fsp3) is 0.438. The van der Waals surface area contributed by atoms with Gasteiger partial charge in [-0.05, 0) is 118 Å². The molecule has 0 spiro atoms. The molecule has 0 amide bonds. The van der Waals surface area contributed by atoms with Crippen LogP contribution in [0.25, 0.3) is 0 Å². The minimum Gasteiger partial charge on any atom is -0.508 e. The molecule has 1 aliphatic rings. The molecule has 4 heteroatoms. The molecule has 0 aliphatic heterocycles. The Morgan fingerprint density at radius 3 is 2.44 bits per heavy atom. The van der Waals surface area contributed by atoms with Gasteiger partial charge in [-0.2, -0.15) is 0 Å². The zero-order chi connectivity index (χ0) is 25.7. The second-order valence-electron chi connectivity index (χ2n) is 11.3. The second kappa shape index (κ2) is 11.4. The number of rotatable bonds is 9. The lowest BCUT2D eigenvalue weighted by Gasteiger charge is -2.28. The SMILES string of the molecule is COc1ccc(C2CCc3cc(O)ccc3C2)c(NC(C)Cc2ccc(CCNC(C)(C)C)cc2)c1. The number of hydrogen-bond donors (Lipinski definition) is 3. The van der Waals surface area contributed by atoms with Gasteiger partial charge < -0.3 is 20.5 Å². The highest BCUT2D eigenvalue weighted by molar-refractivity contribution is 5.58. The summed E-state index contributed by atoms with van der Waals surface area (Å²) in [5.74, 6) is 1.69. The molecule has 3 aromatic rings. The van der Waals surface area contributed by atoms with E-state index in [1.165, 1.54) is 33.5 Å². The Bertz CT molecular complexity index is 1150. The van der Waals surface area contributed by atoms with Gasteiger partial charge in [0.05, 0.1) is 7.11 Å². The van der Waals surface area contributed by atoms with Crippen LogP contribution in [-0.4, -0.2) is 30.3 Å². The molecule has 36 heavy (non-hydrogen) atoms. The Morgan fingerprint density at radius 1 is 0.972 bits per heavy atom. The van der Waals surface area contributed by atoms with Gasteiger partial charge in [0, 0.05) is 23.3 Å². The first kappa shape index (κ1) is 26.1. The van der Waals surface area contributed by atoms with Crippen LogP contribution in [0.2, 0.25) is 0 Å². The first-order chi connectivity index (χ1) is 17.2. The molecule has 3 aromatic carbocycles. The number of phenolic OH excluding ortho intramolecular Hbond substituents is 1. The van der Waals surface area contributed by atoms with E-state index in [-0.39, 0.29) is 11.6 Å². The molecule has 0 saturated heterocycles. The van der Waals surface area contributed by atoms with Crippen LogP contribution in [0.15, 0.2) is 60.7 Å². The molecule has 0 bridgehead atoms. The molecule has 3 N–H and O–H groups in total. The second-order valence-corrected chi connectivity index (χ2v) is 11.3. The van der Waals surface area contributed by atoms with E-state index in [2.05, 4.69) is 86.9 Å². The molecule has 2 unspecified atom stereocenters. The van der Waals surface area contributed by atoms with E-state index in [9.17, 15) is 5.11 Å².